The predicted octanol–water partition coefficient (Wildman–Crippen LogP) is 0.973. The van der Waals surface area contributed by atoms with Crippen LogP contribution in [0.2, 0.25) is 0 Å². The van der Waals surface area contributed by atoms with Gasteiger partial charge in [0.25, 0.3) is 0 Å². The molecule has 0 saturated carbocycles. The lowest BCUT2D eigenvalue weighted by Gasteiger charge is -2.16. The summed E-state index contributed by atoms with van der Waals surface area (Å²) in [5, 5.41) is 11.9. The molecule has 2 N–H and O–H groups in total. The third-order valence-corrected chi connectivity index (χ3v) is 4.66. The topological polar surface area (TPSA) is 92.7 Å². The summed E-state index contributed by atoms with van der Waals surface area (Å²) in [5.74, 6) is -2.52. The number of hydrogen-bond acceptors (Lipinski definition) is 5. The number of carbonyl (C=O) groups is 1. The van der Waals surface area contributed by atoms with E-state index in [4.69, 9.17) is 9.84 Å². The molecule has 8 heteroatoms. The first-order valence-corrected chi connectivity index (χ1v) is 8.17. The second-order valence-corrected chi connectivity index (χ2v) is 6.96. The molecule has 0 bridgehead atoms. The van der Waals surface area contributed by atoms with Crippen molar-refractivity contribution in [3.63, 3.8) is 0 Å². The minimum atomic E-state index is -3.80. The maximum atomic E-state index is 14.5. The molecule has 0 aliphatic carbocycles. The minimum Gasteiger partial charge on any atom is -0.495 e. The Hall–Kier alpha value is -1.67. The Morgan fingerprint density at radius 1 is 1.48 bits per heavy atom. The van der Waals surface area contributed by atoms with Crippen molar-refractivity contribution in [3.05, 3.63) is 23.5 Å². The number of carboxylic acid groups (broad SMARTS) is 1. The lowest BCUT2D eigenvalue weighted by atomic mass is 9.99. The van der Waals surface area contributed by atoms with Crippen LogP contribution in [0.5, 0.6) is 5.75 Å². The molecule has 1 saturated heterocycles. The van der Waals surface area contributed by atoms with Crippen molar-refractivity contribution < 1.29 is 27.4 Å². The summed E-state index contributed by atoms with van der Waals surface area (Å²) < 4.78 is 42.9. The lowest BCUT2D eigenvalue weighted by molar-refractivity contribution is -0.141. The van der Waals surface area contributed by atoms with Gasteiger partial charge >= 0.3 is 5.97 Å². The van der Waals surface area contributed by atoms with Gasteiger partial charge in [-0.3, -0.25) is 4.79 Å². The lowest BCUT2D eigenvalue weighted by Crippen LogP contribution is -2.18. The first kappa shape index (κ1) is 15.7. The van der Waals surface area contributed by atoms with Gasteiger partial charge in [-0.25, -0.2) is 12.8 Å². The van der Waals surface area contributed by atoms with E-state index in [2.05, 4.69) is 5.32 Å². The van der Waals surface area contributed by atoms with Crippen LogP contribution in [-0.4, -0.2) is 39.4 Å². The van der Waals surface area contributed by atoms with Crippen LogP contribution in [0.1, 0.15) is 18.0 Å². The fourth-order valence-electron chi connectivity index (χ4n) is 2.49. The Labute approximate surface area is 121 Å². The van der Waals surface area contributed by atoms with Crippen LogP contribution >= 0.6 is 0 Å². The van der Waals surface area contributed by atoms with Crippen LogP contribution in [0, 0.1) is 11.7 Å². The number of rotatable bonds is 4. The number of ether oxygens (including phenoxy) is 1. The molecular formula is C13H16FNO5S. The van der Waals surface area contributed by atoms with E-state index in [0.29, 0.717) is 0 Å². The predicted molar refractivity (Wildman–Crippen MR) is 72.5 cm³/mol. The fourth-order valence-corrected chi connectivity index (χ4v) is 3.45. The van der Waals surface area contributed by atoms with Crippen LogP contribution in [0.3, 0.4) is 0 Å². The molecule has 1 aromatic rings. The Balaban J connectivity index is 2.46. The van der Waals surface area contributed by atoms with Gasteiger partial charge in [0.1, 0.15) is 16.5 Å². The molecule has 21 heavy (non-hydrogen) atoms. The molecule has 0 aromatic heterocycles. The highest BCUT2D eigenvalue weighted by Gasteiger charge is 2.33. The smallest absolute Gasteiger partial charge is 0.307 e. The van der Waals surface area contributed by atoms with E-state index in [-0.39, 0.29) is 24.3 Å². The summed E-state index contributed by atoms with van der Waals surface area (Å²) in [6, 6.07) is 2.27. The molecular weight excluding hydrogens is 301 g/mol. The Morgan fingerprint density at radius 3 is 2.62 bits per heavy atom. The number of benzene rings is 1. The van der Waals surface area contributed by atoms with E-state index in [0.717, 1.165) is 6.26 Å². The molecule has 0 spiro atoms. The first-order chi connectivity index (χ1) is 9.75. The molecule has 1 fully saturated rings. The summed E-state index contributed by atoms with van der Waals surface area (Å²) in [7, 11) is -2.54. The monoisotopic (exact) mass is 317 g/mol. The molecule has 1 heterocycles. The second-order valence-electron chi connectivity index (χ2n) is 5.00. The number of halogens is 1. The van der Waals surface area contributed by atoms with Gasteiger partial charge in [0.05, 0.1) is 13.0 Å². The van der Waals surface area contributed by atoms with E-state index in [1.54, 1.807) is 0 Å². The number of carboxylic acids is 1. The van der Waals surface area contributed by atoms with Crippen molar-refractivity contribution in [2.45, 2.75) is 17.4 Å². The van der Waals surface area contributed by atoms with E-state index in [1.165, 1.54) is 19.2 Å². The quantitative estimate of drug-likeness (QED) is 0.860. The zero-order valence-corrected chi connectivity index (χ0v) is 12.4. The highest BCUT2D eigenvalue weighted by atomic mass is 32.2. The molecule has 6 nitrogen and oxygen atoms in total. The van der Waals surface area contributed by atoms with Gasteiger partial charge in [0.2, 0.25) is 0 Å². The van der Waals surface area contributed by atoms with Gasteiger partial charge in [-0.1, -0.05) is 6.07 Å². The summed E-state index contributed by atoms with van der Waals surface area (Å²) in [6.07, 6.45) is 1.11. The van der Waals surface area contributed by atoms with Crippen LogP contribution in [0.15, 0.2) is 17.0 Å². The largest absolute Gasteiger partial charge is 0.495 e. The Bertz CT molecular complexity index is 673. The molecule has 2 atom stereocenters. The number of aliphatic carboxylic acids is 1. The summed E-state index contributed by atoms with van der Waals surface area (Å²) >= 11 is 0. The molecule has 2 unspecified atom stereocenters. The third kappa shape index (κ3) is 3.01. The summed E-state index contributed by atoms with van der Waals surface area (Å²) in [5.41, 5.74) is 0.139. The zero-order chi connectivity index (χ0) is 15.8. The maximum Gasteiger partial charge on any atom is 0.307 e. The summed E-state index contributed by atoms with van der Waals surface area (Å²) in [4.78, 5) is 10.4. The van der Waals surface area contributed by atoms with Gasteiger partial charge in [0, 0.05) is 24.4 Å². The fraction of sp³-hybridized carbons (Fsp3) is 0.462. The maximum absolute atomic E-state index is 14.5. The van der Waals surface area contributed by atoms with Crippen molar-refractivity contribution >= 4 is 15.8 Å². The van der Waals surface area contributed by atoms with Crippen LogP contribution in [0.4, 0.5) is 4.39 Å². The van der Waals surface area contributed by atoms with Crippen LogP contribution in [0.25, 0.3) is 0 Å². The van der Waals surface area contributed by atoms with Gasteiger partial charge < -0.3 is 15.2 Å². The summed E-state index contributed by atoms with van der Waals surface area (Å²) in [6.45, 7) is 0.222. The normalized spacial score (nSPS) is 22.2. The SMILES string of the molecule is COc1ccc(C2CC(C(=O)O)CN2)c(F)c1S(C)(=O)=O. The van der Waals surface area contributed by atoms with E-state index in [9.17, 15) is 17.6 Å². The van der Waals surface area contributed by atoms with E-state index < -0.39 is 38.5 Å². The average Bonchev–Trinajstić information content (AvgIpc) is 2.86. The van der Waals surface area contributed by atoms with Crippen molar-refractivity contribution in [3.8, 4) is 5.75 Å². The van der Waals surface area contributed by atoms with Gasteiger partial charge in [-0.15, -0.1) is 0 Å². The molecule has 2 rings (SSSR count). The molecule has 0 radical (unpaired) electrons. The number of nitrogens with one attached hydrogen (secondary N) is 1. The molecule has 1 aliphatic heterocycles. The third-order valence-electron chi connectivity index (χ3n) is 3.54. The van der Waals surface area contributed by atoms with E-state index >= 15 is 0 Å². The van der Waals surface area contributed by atoms with Gasteiger partial charge in [-0.2, -0.15) is 0 Å². The standard InChI is InChI=1S/C13H16FNO5S/c1-20-10-4-3-8(11(14)12(10)21(2,18)19)9-5-7(6-15-9)13(16)17/h3-4,7,9,15H,5-6H2,1-2H3,(H,16,17). The molecule has 0 amide bonds. The van der Waals surface area contributed by atoms with Crippen molar-refractivity contribution in [2.24, 2.45) is 5.92 Å². The second kappa shape index (κ2) is 5.61. The number of methoxy groups -OCH3 is 1. The van der Waals surface area contributed by atoms with Crippen LogP contribution in [-0.2, 0) is 14.6 Å². The Morgan fingerprint density at radius 2 is 2.14 bits per heavy atom. The van der Waals surface area contributed by atoms with Crippen molar-refractivity contribution in [1.82, 2.24) is 5.32 Å². The Kier molecular flexibility index (Phi) is 4.20. The van der Waals surface area contributed by atoms with E-state index in [1.807, 2.05) is 0 Å². The molecule has 1 aromatic carbocycles. The van der Waals surface area contributed by atoms with Crippen molar-refractivity contribution in [1.29, 1.82) is 0 Å². The highest BCUT2D eigenvalue weighted by molar-refractivity contribution is 7.90. The highest BCUT2D eigenvalue weighted by Crippen LogP contribution is 2.35. The molecule has 116 valence electrons. The number of sulfone groups is 1. The zero-order valence-electron chi connectivity index (χ0n) is 11.6. The van der Waals surface area contributed by atoms with Crippen LogP contribution < -0.4 is 10.1 Å². The first-order valence-electron chi connectivity index (χ1n) is 6.28. The van der Waals surface area contributed by atoms with Gasteiger partial charge in [-0.05, 0) is 12.5 Å². The minimum absolute atomic E-state index is 0.0634. The number of hydrogen-bond donors (Lipinski definition) is 2. The van der Waals surface area contributed by atoms with Crippen molar-refractivity contribution in [2.75, 3.05) is 19.9 Å². The molecule has 1 aliphatic rings. The average molecular weight is 317 g/mol. The van der Waals surface area contributed by atoms with Gasteiger partial charge in [0.15, 0.2) is 9.84 Å².